The summed E-state index contributed by atoms with van der Waals surface area (Å²) >= 11 is 0. The largest absolute Gasteiger partial charge is 0.309 e. The van der Waals surface area contributed by atoms with Gasteiger partial charge in [0.2, 0.25) is 0 Å². The number of nitrogens with zero attached hydrogens (tertiary/aromatic N) is 1. The number of hydrogen-bond acceptors (Lipinski definition) is 0. The van der Waals surface area contributed by atoms with E-state index in [9.17, 15) is 0 Å². The van der Waals surface area contributed by atoms with E-state index in [1.807, 2.05) is 0 Å². The van der Waals surface area contributed by atoms with Crippen LogP contribution in [-0.2, 0) is 0 Å². The molecule has 5 aromatic rings. The fourth-order valence-electron chi connectivity index (χ4n) is 4.90. The Labute approximate surface area is 188 Å². The second-order valence-electron chi connectivity index (χ2n) is 8.69. The quantitative estimate of drug-likeness (QED) is 0.281. The molecule has 1 aromatic heterocycles. The molecule has 4 aromatic carbocycles. The van der Waals surface area contributed by atoms with Crippen molar-refractivity contribution in [2.24, 2.45) is 0 Å². The maximum absolute atomic E-state index is 2.38. The zero-order chi connectivity index (χ0) is 21.5. The standard InChI is InChI=1S/C31H25N/c1-22-11-13-23(14-12-22)24-15-17-25(18-16-24)26-19-20-29-28-9-5-6-10-30(28)32(31(29)21-26)27-7-3-2-4-8-27/h2-13,15-21,23H,14H2,1H3. The Kier molecular flexibility index (Phi) is 4.54. The third kappa shape index (κ3) is 3.18. The molecule has 1 unspecified atom stereocenters. The maximum Gasteiger partial charge on any atom is 0.0547 e. The highest BCUT2D eigenvalue weighted by Crippen LogP contribution is 2.35. The van der Waals surface area contributed by atoms with Gasteiger partial charge in [-0.25, -0.2) is 0 Å². The van der Waals surface area contributed by atoms with E-state index in [1.54, 1.807) is 0 Å². The molecular formula is C31H25N. The third-order valence-corrected chi connectivity index (χ3v) is 6.65. The molecule has 0 aliphatic heterocycles. The van der Waals surface area contributed by atoms with E-state index in [1.165, 1.54) is 49.8 Å². The summed E-state index contributed by atoms with van der Waals surface area (Å²) in [6.45, 7) is 2.17. The summed E-state index contributed by atoms with van der Waals surface area (Å²) in [5.74, 6) is 0.482. The summed E-state index contributed by atoms with van der Waals surface area (Å²) < 4.78 is 2.38. The van der Waals surface area contributed by atoms with Gasteiger partial charge >= 0.3 is 0 Å². The number of rotatable bonds is 3. The summed E-state index contributed by atoms with van der Waals surface area (Å²) in [5.41, 5.74) is 8.93. The predicted octanol–water partition coefficient (Wildman–Crippen LogP) is 8.44. The molecule has 1 aliphatic carbocycles. The SMILES string of the molecule is CC1=CCC(c2ccc(-c3ccc4c5ccccc5n(-c5ccccc5)c4c3)cc2)C=C1. The van der Waals surface area contributed by atoms with Crippen molar-refractivity contribution in [3.8, 4) is 16.8 Å². The Balaban J connectivity index is 1.46. The molecule has 0 N–H and O–H groups in total. The normalized spacial score (nSPS) is 15.9. The first-order chi connectivity index (χ1) is 15.8. The van der Waals surface area contributed by atoms with E-state index in [0.29, 0.717) is 5.92 Å². The Hall–Kier alpha value is -3.84. The maximum atomic E-state index is 2.38. The molecule has 0 spiro atoms. The molecule has 1 atom stereocenters. The zero-order valence-corrected chi connectivity index (χ0v) is 18.2. The van der Waals surface area contributed by atoms with E-state index in [2.05, 4.69) is 127 Å². The molecule has 0 saturated heterocycles. The van der Waals surface area contributed by atoms with Crippen molar-refractivity contribution in [3.63, 3.8) is 0 Å². The van der Waals surface area contributed by atoms with E-state index in [4.69, 9.17) is 0 Å². The lowest BCUT2D eigenvalue weighted by molar-refractivity contribution is 0.845. The van der Waals surface area contributed by atoms with Gasteiger partial charge in [0.15, 0.2) is 0 Å². The minimum absolute atomic E-state index is 0.482. The molecule has 0 saturated carbocycles. The van der Waals surface area contributed by atoms with Gasteiger partial charge in [0, 0.05) is 22.4 Å². The van der Waals surface area contributed by atoms with Crippen LogP contribution in [0.15, 0.2) is 121 Å². The van der Waals surface area contributed by atoms with Crippen LogP contribution in [0.25, 0.3) is 38.6 Å². The second-order valence-corrected chi connectivity index (χ2v) is 8.69. The molecular weight excluding hydrogens is 386 g/mol. The highest BCUT2D eigenvalue weighted by Gasteiger charge is 2.14. The van der Waals surface area contributed by atoms with E-state index in [0.717, 1.165) is 6.42 Å². The third-order valence-electron chi connectivity index (χ3n) is 6.65. The van der Waals surface area contributed by atoms with Gasteiger partial charge in [-0.1, -0.05) is 96.6 Å². The van der Waals surface area contributed by atoms with Crippen LogP contribution in [-0.4, -0.2) is 4.57 Å². The number of hydrogen-bond donors (Lipinski definition) is 0. The lowest BCUT2D eigenvalue weighted by atomic mass is 9.89. The summed E-state index contributed by atoms with van der Waals surface area (Å²) in [4.78, 5) is 0. The van der Waals surface area contributed by atoms with Crippen LogP contribution in [0, 0.1) is 0 Å². The second kappa shape index (κ2) is 7.69. The number of aromatic nitrogens is 1. The molecule has 1 nitrogen and oxygen atoms in total. The van der Waals surface area contributed by atoms with Crippen molar-refractivity contribution in [3.05, 3.63) is 126 Å². The van der Waals surface area contributed by atoms with E-state index in [-0.39, 0.29) is 0 Å². The van der Waals surface area contributed by atoms with Gasteiger partial charge in [-0.2, -0.15) is 0 Å². The first kappa shape index (κ1) is 18.9. The summed E-state index contributed by atoms with van der Waals surface area (Å²) in [5, 5.41) is 2.58. The average molecular weight is 412 g/mol. The lowest BCUT2D eigenvalue weighted by Crippen LogP contribution is -1.97. The van der Waals surface area contributed by atoms with Gasteiger partial charge in [-0.15, -0.1) is 0 Å². The minimum atomic E-state index is 0.482. The highest BCUT2D eigenvalue weighted by molar-refractivity contribution is 6.10. The smallest absolute Gasteiger partial charge is 0.0547 e. The monoisotopic (exact) mass is 411 g/mol. The Morgan fingerprint density at radius 2 is 1.41 bits per heavy atom. The summed E-state index contributed by atoms with van der Waals surface area (Å²) in [7, 11) is 0. The Morgan fingerprint density at radius 3 is 2.19 bits per heavy atom. The zero-order valence-electron chi connectivity index (χ0n) is 18.2. The fraction of sp³-hybridized carbons (Fsp3) is 0.0968. The van der Waals surface area contributed by atoms with Gasteiger partial charge in [0.25, 0.3) is 0 Å². The molecule has 1 aliphatic rings. The first-order valence-electron chi connectivity index (χ1n) is 11.3. The van der Waals surface area contributed by atoms with Crippen LogP contribution in [0.3, 0.4) is 0 Å². The van der Waals surface area contributed by atoms with E-state index < -0.39 is 0 Å². The number of benzene rings is 4. The Morgan fingerprint density at radius 1 is 0.688 bits per heavy atom. The van der Waals surface area contributed by atoms with Gasteiger partial charge in [-0.05, 0) is 54.3 Å². The van der Waals surface area contributed by atoms with Crippen LogP contribution in [0.1, 0.15) is 24.8 Å². The topological polar surface area (TPSA) is 4.93 Å². The fourth-order valence-corrected chi connectivity index (χ4v) is 4.90. The van der Waals surface area contributed by atoms with Crippen molar-refractivity contribution in [1.29, 1.82) is 0 Å². The summed E-state index contributed by atoms with van der Waals surface area (Å²) in [6, 6.07) is 35.3. The molecule has 6 rings (SSSR count). The van der Waals surface area contributed by atoms with Crippen molar-refractivity contribution in [1.82, 2.24) is 4.57 Å². The molecule has 0 radical (unpaired) electrons. The van der Waals surface area contributed by atoms with Gasteiger partial charge in [0.05, 0.1) is 11.0 Å². The molecule has 1 heterocycles. The van der Waals surface area contributed by atoms with Crippen LogP contribution in [0.2, 0.25) is 0 Å². The Bertz CT molecular complexity index is 1480. The van der Waals surface area contributed by atoms with Crippen molar-refractivity contribution in [2.45, 2.75) is 19.3 Å². The van der Waals surface area contributed by atoms with Crippen LogP contribution in [0.4, 0.5) is 0 Å². The van der Waals surface area contributed by atoms with E-state index >= 15 is 0 Å². The highest BCUT2D eigenvalue weighted by atomic mass is 15.0. The number of fused-ring (bicyclic) bond motifs is 3. The average Bonchev–Trinajstić information content (AvgIpc) is 3.19. The molecule has 0 bridgehead atoms. The van der Waals surface area contributed by atoms with Crippen molar-refractivity contribution in [2.75, 3.05) is 0 Å². The van der Waals surface area contributed by atoms with Crippen molar-refractivity contribution >= 4 is 21.8 Å². The van der Waals surface area contributed by atoms with Gasteiger partial charge in [-0.3, -0.25) is 0 Å². The molecule has 154 valence electrons. The van der Waals surface area contributed by atoms with Crippen LogP contribution in [0.5, 0.6) is 0 Å². The lowest BCUT2D eigenvalue weighted by Gasteiger charge is -2.16. The first-order valence-corrected chi connectivity index (χ1v) is 11.3. The number of para-hydroxylation sites is 2. The number of allylic oxidation sites excluding steroid dienone is 4. The molecule has 0 fully saturated rings. The summed E-state index contributed by atoms with van der Waals surface area (Å²) in [6.07, 6.45) is 7.98. The minimum Gasteiger partial charge on any atom is -0.309 e. The van der Waals surface area contributed by atoms with Crippen molar-refractivity contribution < 1.29 is 0 Å². The van der Waals surface area contributed by atoms with Crippen LogP contribution < -0.4 is 0 Å². The van der Waals surface area contributed by atoms with Crippen LogP contribution >= 0.6 is 0 Å². The molecule has 0 amide bonds. The van der Waals surface area contributed by atoms with Gasteiger partial charge < -0.3 is 4.57 Å². The van der Waals surface area contributed by atoms with Gasteiger partial charge in [0.1, 0.15) is 0 Å². The molecule has 1 heteroatoms. The predicted molar refractivity (Wildman–Crippen MR) is 136 cm³/mol. The molecule has 32 heavy (non-hydrogen) atoms.